The van der Waals surface area contributed by atoms with Gasteiger partial charge in [-0.2, -0.15) is 0 Å². The van der Waals surface area contributed by atoms with Gasteiger partial charge < -0.3 is 9.88 Å². The lowest BCUT2D eigenvalue weighted by molar-refractivity contribution is 0.129. The van der Waals surface area contributed by atoms with Crippen LogP contribution in [-0.4, -0.2) is 39.1 Å². The lowest BCUT2D eigenvalue weighted by Gasteiger charge is -2.37. The SMILES string of the molecule is CCCN(Cc1nccn1CC)C1CC2CCC(C1)N2. The number of nitrogens with one attached hydrogen (secondary N) is 1. The molecule has 2 unspecified atom stereocenters. The van der Waals surface area contributed by atoms with Crippen molar-refractivity contribution in [2.75, 3.05) is 6.54 Å². The molecule has 2 aliphatic rings. The Balaban J connectivity index is 1.69. The highest BCUT2D eigenvalue weighted by atomic mass is 15.2. The van der Waals surface area contributed by atoms with Gasteiger partial charge in [0.15, 0.2) is 0 Å². The summed E-state index contributed by atoms with van der Waals surface area (Å²) in [6, 6.07) is 2.28. The van der Waals surface area contributed by atoms with Crippen molar-refractivity contribution in [3.8, 4) is 0 Å². The van der Waals surface area contributed by atoms with E-state index in [0.29, 0.717) is 0 Å². The molecule has 0 aromatic carbocycles. The second kappa shape index (κ2) is 6.27. The van der Waals surface area contributed by atoms with Crippen LogP contribution in [0.25, 0.3) is 0 Å². The Morgan fingerprint density at radius 1 is 1.30 bits per heavy atom. The van der Waals surface area contributed by atoms with Gasteiger partial charge in [-0.3, -0.25) is 4.90 Å². The minimum atomic E-state index is 0.746. The Morgan fingerprint density at radius 2 is 2.05 bits per heavy atom. The van der Waals surface area contributed by atoms with Gasteiger partial charge in [0.05, 0.1) is 6.54 Å². The number of nitrogens with zero attached hydrogens (tertiary/aromatic N) is 3. The summed E-state index contributed by atoms with van der Waals surface area (Å²) in [6.07, 6.45) is 10.7. The van der Waals surface area contributed by atoms with Gasteiger partial charge >= 0.3 is 0 Å². The summed E-state index contributed by atoms with van der Waals surface area (Å²) < 4.78 is 2.28. The fourth-order valence-corrected chi connectivity index (χ4v) is 3.96. The number of aryl methyl sites for hydroxylation is 1. The van der Waals surface area contributed by atoms with Gasteiger partial charge in [-0.05, 0) is 45.6 Å². The molecule has 0 saturated carbocycles. The van der Waals surface area contributed by atoms with E-state index in [9.17, 15) is 0 Å². The summed E-state index contributed by atoms with van der Waals surface area (Å²) in [4.78, 5) is 7.24. The molecule has 1 N–H and O–H groups in total. The Morgan fingerprint density at radius 3 is 2.70 bits per heavy atom. The first-order valence-electron chi connectivity index (χ1n) is 8.30. The van der Waals surface area contributed by atoms with Crippen LogP contribution in [0.5, 0.6) is 0 Å². The molecule has 4 nitrogen and oxygen atoms in total. The first-order valence-corrected chi connectivity index (χ1v) is 8.30. The number of fused-ring (bicyclic) bond motifs is 2. The summed E-state index contributed by atoms with van der Waals surface area (Å²) >= 11 is 0. The molecule has 1 aromatic heterocycles. The molecule has 3 heterocycles. The zero-order valence-electron chi connectivity index (χ0n) is 12.9. The molecule has 112 valence electrons. The highest BCUT2D eigenvalue weighted by Crippen LogP contribution is 2.30. The Labute approximate surface area is 122 Å². The van der Waals surface area contributed by atoms with Crippen molar-refractivity contribution < 1.29 is 0 Å². The number of hydrogen-bond donors (Lipinski definition) is 1. The normalized spacial score (nSPS) is 29.2. The second-order valence-electron chi connectivity index (χ2n) is 6.36. The largest absolute Gasteiger partial charge is 0.334 e. The maximum atomic E-state index is 4.56. The van der Waals surface area contributed by atoms with Crippen LogP contribution in [0.1, 0.15) is 51.8 Å². The van der Waals surface area contributed by atoms with Crippen LogP contribution < -0.4 is 5.32 Å². The Kier molecular flexibility index (Phi) is 4.41. The van der Waals surface area contributed by atoms with E-state index < -0.39 is 0 Å². The van der Waals surface area contributed by atoms with Gasteiger partial charge in [0.1, 0.15) is 5.82 Å². The van der Waals surface area contributed by atoms with E-state index in [0.717, 1.165) is 31.2 Å². The molecule has 4 heteroatoms. The van der Waals surface area contributed by atoms with Crippen LogP contribution in [0, 0.1) is 0 Å². The van der Waals surface area contributed by atoms with Crippen molar-refractivity contribution in [2.45, 2.75) is 77.2 Å². The van der Waals surface area contributed by atoms with Crippen molar-refractivity contribution in [1.29, 1.82) is 0 Å². The highest BCUT2D eigenvalue weighted by molar-refractivity contribution is 4.98. The van der Waals surface area contributed by atoms with Crippen molar-refractivity contribution in [3.63, 3.8) is 0 Å². The number of aromatic nitrogens is 2. The van der Waals surface area contributed by atoms with Crippen LogP contribution in [0.4, 0.5) is 0 Å². The third-order valence-electron chi connectivity index (χ3n) is 4.96. The maximum absolute atomic E-state index is 4.56. The fourth-order valence-electron chi connectivity index (χ4n) is 3.96. The predicted octanol–water partition coefficient (Wildman–Crippen LogP) is 2.40. The smallest absolute Gasteiger partial charge is 0.122 e. The quantitative estimate of drug-likeness (QED) is 0.866. The van der Waals surface area contributed by atoms with E-state index in [1.807, 2.05) is 6.20 Å². The molecule has 1 aromatic rings. The summed E-state index contributed by atoms with van der Waals surface area (Å²) in [6.45, 7) is 7.71. The molecule has 0 spiro atoms. The Hall–Kier alpha value is -0.870. The number of piperidine rings is 1. The van der Waals surface area contributed by atoms with E-state index in [2.05, 4.69) is 39.8 Å². The van der Waals surface area contributed by atoms with Gasteiger partial charge in [-0.1, -0.05) is 6.92 Å². The molecule has 2 saturated heterocycles. The summed E-state index contributed by atoms with van der Waals surface area (Å²) in [7, 11) is 0. The zero-order valence-corrected chi connectivity index (χ0v) is 12.9. The van der Waals surface area contributed by atoms with Crippen molar-refractivity contribution in [3.05, 3.63) is 18.2 Å². The van der Waals surface area contributed by atoms with Crippen LogP contribution in [0.2, 0.25) is 0 Å². The molecule has 2 bridgehead atoms. The first-order chi connectivity index (χ1) is 9.80. The van der Waals surface area contributed by atoms with Gasteiger partial charge in [0.2, 0.25) is 0 Å². The predicted molar refractivity (Wildman–Crippen MR) is 81.6 cm³/mol. The lowest BCUT2D eigenvalue weighted by atomic mass is 9.98. The summed E-state index contributed by atoms with van der Waals surface area (Å²) in [5, 5.41) is 3.75. The molecule has 0 radical (unpaired) electrons. The van der Waals surface area contributed by atoms with E-state index in [1.165, 1.54) is 44.5 Å². The van der Waals surface area contributed by atoms with E-state index in [1.54, 1.807) is 0 Å². The number of imidazole rings is 1. The molecular formula is C16H28N4. The molecule has 20 heavy (non-hydrogen) atoms. The van der Waals surface area contributed by atoms with Crippen LogP contribution in [0.15, 0.2) is 12.4 Å². The summed E-state index contributed by atoms with van der Waals surface area (Å²) in [5.74, 6) is 1.23. The van der Waals surface area contributed by atoms with Crippen LogP contribution in [-0.2, 0) is 13.1 Å². The Bertz CT molecular complexity index is 416. The van der Waals surface area contributed by atoms with Crippen LogP contribution in [0.3, 0.4) is 0 Å². The fraction of sp³-hybridized carbons (Fsp3) is 0.812. The van der Waals surface area contributed by atoms with Crippen molar-refractivity contribution in [2.24, 2.45) is 0 Å². The van der Waals surface area contributed by atoms with Crippen molar-refractivity contribution in [1.82, 2.24) is 19.8 Å². The molecule has 2 fully saturated rings. The third kappa shape index (κ3) is 2.91. The average Bonchev–Trinajstić information content (AvgIpc) is 3.04. The second-order valence-corrected chi connectivity index (χ2v) is 6.36. The highest BCUT2D eigenvalue weighted by Gasteiger charge is 2.36. The first kappa shape index (κ1) is 14.1. The van der Waals surface area contributed by atoms with Gasteiger partial charge in [-0.15, -0.1) is 0 Å². The average molecular weight is 276 g/mol. The molecule has 3 rings (SSSR count). The van der Waals surface area contributed by atoms with E-state index >= 15 is 0 Å². The standard InChI is InChI=1S/C16H28N4/c1-3-8-20(12-16-17-7-9-19(16)4-2)15-10-13-5-6-14(11-15)18-13/h7,9,13-15,18H,3-6,8,10-12H2,1-2H3. The molecular weight excluding hydrogens is 248 g/mol. The number of hydrogen-bond acceptors (Lipinski definition) is 3. The minimum Gasteiger partial charge on any atom is -0.334 e. The molecule has 2 aliphatic heterocycles. The zero-order chi connectivity index (χ0) is 13.9. The molecule has 0 amide bonds. The monoisotopic (exact) mass is 276 g/mol. The van der Waals surface area contributed by atoms with Crippen LogP contribution >= 0.6 is 0 Å². The molecule has 2 atom stereocenters. The minimum absolute atomic E-state index is 0.746. The number of rotatable bonds is 6. The van der Waals surface area contributed by atoms with E-state index in [4.69, 9.17) is 0 Å². The third-order valence-corrected chi connectivity index (χ3v) is 4.96. The molecule has 0 aliphatic carbocycles. The van der Waals surface area contributed by atoms with Gasteiger partial charge in [0, 0.05) is 37.1 Å². The van der Waals surface area contributed by atoms with E-state index in [-0.39, 0.29) is 0 Å². The maximum Gasteiger partial charge on any atom is 0.122 e. The topological polar surface area (TPSA) is 33.1 Å². The van der Waals surface area contributed by atoms with Gasteiger partial charge in [0.25, 0.3) is 0 Å². The van der Waals surface area contributed by atoms with Gasteiger partial charge in [-0.25, -0.2) is 4.98 Å². The summed E-state index contributed by atoms with van der Waals surface area (Å²) in [5.41, 5.74) is 0. The lowest BCUT2D eigenvalue weighted by Crippen LogP contribution is -2.48. The van der Waals surface area contributed by atoms with Crippen molar-refractivity contribution >= 4 is 0 Å².